The lowest BCUT2D eigenvalue weighted by atomic mass is 9.33. The molecule has 0 atom stereocenters. The molecule has 19 aromatic carbocycles. The van der Waals surface area contributed by atoms with Gasteiger partial charge >= 0.3 is 0 Å². The molecule has 0 fully saturated rings. The van der Waals surface area contributed by atoms with Gasteiger partial charge in [0.05, 0.1) is 71.7 Å². The second-order valence-electron chi connectivity index (χ2n) is 34.5. The highest BCUT2D eigenvalue weighted by atomic mass is 16.5. The van der Waals surface area contributed by atoms with Crippen LogP contribution in [0.4, 0.5) is 34.1 Å². The molecule has 27 rings (SSSR count). The van der Waals surface area contributed by atoms with Crippen LogP contribution in [-0.4, -0.2) is 15.8 Å². The molecule has 127 heavy (non-hydrogen) atoms. The van der Waals surface area contributed by atoms with E-state index < -0.39 is 120 Å². The third-order valence-electron chi connectivity index (χ3n) is 27.2. The van der Waals surface area contributed by atoms with Crippen molar-refractivity contribution in [1.29, 1.82) is 0 Å². The summed E-state index contributed by atoms with van der Waals surface area (Å²) in [7, 11) is 0. The van der Waals surface area contributed by atoms with Crippen LogP contribution >= 0.6 is 0 Å². The number of hydrogen-bond donors (Lipinski definition) is 0. The van der Waals surface area contributed by atoms with Gasteiger partial charge < -0.3 is 28.4 Å². The van der Waals surface area contributed by atoms with Crippen molar-refractivity contribution in [1.82, 2.24) is 9.13 Å². The summed E-state index contributed by atoms with van der Waals surface area (Å²) in [5.74, 6) is 2.19. The summed E-state index contributed by atoms with van der Waals surface area (Å²) in [6.45, 7) is 4.94. The third-order valence-corrected chi connectivity index (χ3v) is 27.2. The Bertz CT molecular complexity index is 9090. The second kappa shape index (κ2) is 26.8. The van der Waals surface area contributed by atoms with Gasteiger partial charge in [-0.3, -0.25) is 0 Å². The van der Waals surface area contributed by atoms with Crippen LogP contribution in [0.5, 0.6) is 23.0 Å². The van der Waals surface area contributed by atoms with Crippen molar-refractivity contribution in [2.24, 2.45) is 0 Å². The number of aromatic nitrogens is 2. The molecule has 0 saturated carbocycles. The first-order valence-electron chi connectivity index (χ1n) is 52.7. The molecule has 2 aliphatic carbocycles. The van der Waals surface area contributed by atoms with Crippen LogP contribution in [0.15, 0.2) is 424 Å². The fourth-order valence-electron chi connectivity index (χ4n) is 21.9. The van der Waals surface area contributed by atoms with Gasteiger partial charge in [0.1, 0.15) is 23.0 Å². The Labute approximate surface area is 765 Å². The molecule has 6 aliphatic rings. The Kier molecular flexibility index (Phi) is 11.5. The molecule has 2 spiro atoms. The molecule has 0 bridgehead atoms. The van der Waals surface area contributed by atoms with Crippen molar-refractivity contribution in [3.63, 3.8) is 0 Å². The third kappa shape index (κ3) is 9.91. The summed E-state index contributed by atoms with van der Waals surface area (Å²) >= 11 is 0. The Hall–Kier alpha value is -16.0. The van der Waals surface area contributed by atoms with E-state index in [0.717, 1.165) is 66.8 Å². The van der Waals surface area contributed by atoms with Crippen LogP contribution in [-0.2, 0) is 16.2 Å². The quantitative estimate of drug-likeness (QED) is 0.142. The predicted molar refractivity (Wildman–Crippen MR) is 524 cm³/mol. The molecule has 0 N–H and O–H groups in total. The summed E-state index contributed by atoms with van der Waals surface area (Å²) in [5.41, 5.74) is 16.3. The zero-order chi connectivity index (χ0) is 101. The minimum atomic E-state index is -1.32. The summed E-state index contributed by atoms with van der Waals surface area (Å²) < 4.78 is 217. The molecule has 2 aromatic heterocycles. The van der Waals surface area contributed by atoms with Gasteiger partial charge in [-0.2, -0.15) is 0 Å². The van der Waals surface area contributed by atoms with Gasteiger partial charge in [-0.1, -0.05) is 360 Å². The smallest absolute Gasteiger partial charge is 0.252 e. The van der Waals surface area contributed by atoms with E-state index in [0.29, 0.717) is 101 Å². The molecule has 0 radical (unpaired) electrons. The van der Waals surface area contributed by atoms with E-state index in [4.69, 9.17) is 9.47 Å². The van der Waals surface area contributed by atoms with E-state index in [9.17, 15) is 27.4 Å². The highest BCUT2D eigenvalue weighted by Crippen LogP contribution is 2.66. The standard InChI is InChI=1S/C120H79BN4O2/c1-118(2,3)78-70-109-115-110(71-78)125(108-73-80(123-105-56-26-16-42-91(105)92-43-17-27-57-106(92)123)63-67-102(108)121(115)101-66-62-79(122-103-54-24-14-40-89(103)90-41-15-25-55-104(90)122)72-107(101)124(109)116-81(74-32-6-4-7-33-74)44-30-45-82(116)75-34-8-5-9-35-75)117-83(76-60-64-99-113(68-76)126-111-58-28-22-52-97(111)119(99)93-48-18-10-36-85(93)86-37-11-19-49-94(86)119)46-31-47-84(117)77-61-65-100-114(69-77)127-112-59-29-23-53-98(112)120(100)95-50-20-12-38-87(95)88-39-13-21-51-96(88)120/h4-73H,1-3H3/i14D,15D,16D,17D,24D,25D,26D,27D,30D,31D,40D,41D,42D,43D,54D,55D,56D,57D,66D,67D. The molecule has 7 heteroatoms. The Balaban J connectivity index is 0.836. The number of anilines is 6. The molecular formula is C120H79BN4O2. The van der Waals surface area contributed by atoms with Crippen molar-refractivity contribution in [2.75, 3.05) is 9.80 Å². The Morgan fingerprint density at radius 1 is 0.268 bits per heavy atom. The van der Waals surface area contributed by atoms with Gasteiger partial charge in [-0.05, 0) is 179 Å². The average Bonchev–Trinajstić information content (AvgIpc) is 1.68. The van der Waals surface area contributed by atoms with Crippen LogP contribution in [0, 0.1) is 0 Å². The number of ether oxygens (including phenoxy) is 2. The maximum atomic E-state index is 11.8. The van der Waals surface area contributed by atoms with Crippen molar-refractivity contribution in [3.05, 3.63) is 474 Å². The maximum Gasteiger partial charge on any atom is 0.252 e. The largest absolute Gasteiger partial charge is 0.457 e. The first kappa shape index (κ1) is 54.5. The van der Waals surface area contributed by atoms with E-state index in [2.05, 4.69) is 176 Å². The second-order valence-corrected chi connectivity index (χ2v) is 34.5. The zero-order valence-corrected chi connectivity index (χ0v) is 68.6. The molecule has 594 valence electrons. The topological polar surface area (TPSA) is 34.8 Å². The summed E-state index contributed by atoms with van der Waals surface area (Å²) in [6, 6.07) is 89.3. The first-order valence-corrected chi connectivity index (χ1v) is 42.7. The highest BCUT2D eigenvalue weighted by Gasteiger charge is 2.54. The number of hydrogen-bond acceptors (Lipinski definition) is 4. The lowest BCUT2D eigenvalue weighted by Gasteiger charge is -2.46. The molecular weight excluding hydrogens is 1540 g/mol. The van der Waals surface area contributed by atoms with Gasteiger partial charge in [0, 0.05) is 100 Å². The number of rotatable bonds is 8. The average molecular weight is 1640 g/mol. The molecule has 4 aliphatic heterocycles. The zero-order valence-electron chi connectivity index (χ0n) is 88.6. The van der Waals surface area contributed by atoms with Crippen molar-refractivity contribution in [3.8, 4) is 101 Å². The molecule has 0 saturated heterocycles. The lowest BCUT2D eigenvalue weighted by Crippen LogP contribution is -2.61. The summed E-state index contributed by atoms with van der Waals surface area (Å²) in [5, 5.41) is -0.842. The van der Waals surface area contributed by atoms with Gasteiger partial charge in [-0.25, -0.2) is 0 Å². The van der Waals surface area contributed by atoms with E-state index >= 15 is 0 Å². The SMILES string of the molecule is [2H]c1cc(-c2ccccc2)c(N2c3cc(-n4c5c([2H])c([2H])c([2H])c([2H])c5c5c([2H])c([2H])c([2H])c([2H])c54)cc([2H])c3B3c4c([2H])cc(-n5c6c([2H])c([2H])c([2H])c([2H])c6c6c([2H])c([2H])c([2H])c([2H])c65)cc4N(c4c(-c5ccc6c(c5)Oc5ccccc5C65c6ccccc6-c6ccccc65)cc([2H])cc4-c4ccc5c(c4)Oc4ccccc4C54c5ccccc5-c5ccccc54)c4cc(C(C)(C)C)cc2c43)c(-c2ccccc2)c1. The Morgan fingerprint density at radius 2 is 0.591 bits per heavy atom. The number of benzene rings is 19. The van der Waals surface area contributed by atoms with Crippen LogP contribution < -0.4 is 35.7 Å². The van der Waals surface area contributed by atoms with Gasteiger partial charge in [0.2, 0.25) is 0 Å². The molecule has 0 unspecified atom stereocenters. The van der Waals surface area contributed by atoms with E-state index in [-0.39, 0.29) is 101 Å². The number of nitrogens with zero attached hydrogens (tertiary/aromatic N) is 4. The minimum absolute atomic E-state index is 0.00343. The predicted octanol–water partition coefficient (Wildman–Crippen LogP) is 28.9. The van der Waals surface area contributed by atoms with Gasteiger partial charge in [-0.15, -0.1) is 0 Å². The number of para-hydroxylation sites is 8. The van der Waals surface area contributed by atoms with Crippen LogP contribution in [0.25, 0.3) is 122 Å². The van der Waals surface area contributed by atoms with Crippen molar-refractivity contribution < 1.29 is 36.9 Å². The highest BCUT2D eigenvalue weighted by molar-refractivity contribution is 7.00. The molecule has 6 nitrogen and oxygen atoms in total. The van der Waals surface area contributed by atoms with Crippen molar-refractivity contribution >= 4 is 101 Å². The van der Waals surface area contributed by atoms with E-state index in [1.807, 2.05) is 121 Å². The van der Waals surface area contributed by atoms with Gasteiger partial charge in [0.15, 0.2) is 0 Å². The van der Waals surface area contributed by atoms with Crippen LogP contribution in [0.2, 0.25) is 0 Å². The van der Waals surface area contributed by atoms with Crippen LogP contribution in [0.3, 0.4) is 0 Å². The minimum Gasteiger partial charge on any atom is -0.457 e. The fourth-order valence-corrected chi connectivity index (χ4v) is 21.9. The van der Waals surface area contributed by atoms with Gasteiger partial charge in [0.25, 0.3) is 6.71 Å². The van der Waals surface area contributed by atoms with Crippen molar-refractivity contribution in [2.45, 2.75) is 37.0 Å². The van der Waals surface area contributed by atoms with E-state index in [1.54, 1.807) is 24.3 Å². The maximum absolute atomic E-state index is 11.8. The monoisotopic (exact) mass is 1640 g/mol. The van der Waals surface area contributed by atoms with E-state index in [1.165, 1.54) is 21.3 Å². The number of fused-ring (bicyclic) bond motifs is 28. The van der Waals surface area contributed by atoms with Crippen LogP contribution in [0.1, 0.15) is 98.3 Å². The lowest BCUT2D eigenvalue weighted by molar-refractivity contribution is 0.436. The fraction of sp³-hybridized carbons (Fsp3) is 0.0500. The molecule has 6 heterocycles. The Morgan fingerprint density at radius 3 is 0.961 bits per heavy atom. The summed E-state index contributed by atoms with van der Waals surface area (Å²) in [6.07, 6.45) is 0. The molecule has 0 amide bonds. The summed E-state index contributed by atoms with van der Waals surface area (Å²) in [4.78, 5) is 4.16. The first-order chi connectivity index (χ1) is 70.9. The normalized spacial score (nSPS) is 16.2. The molecule has 21 aromatic rings.